The molecule has 4 heteroatoms. The van der Waals surface area contributed by atoms with E-state index in [2.05, 4.69) is 283 Å². The first-order valence-electron chi connectivity index (χ1n) is 25.7. The second-order valence-electron chi connectivity index (χ2n) is 19.7. The van der Waals surface area contributed by atoms with Crippen molar-refractivity contribution in [2.75, 3.05) is 4.90 Å². The van der Waals surface area contributed by atoms with E-state index in [1.54, 1.807) is 0 Å². The van der Waals surface area contributed by atoms with Crippen LogP contribution in [0.3, 0.4) is 0 Å². The topological polar surface area (TPSA) is 34.0 Å². The molecule has 0 bridgehead atoms. The van der Waals surface area contributed by atoms with E-state index in [1.807, 2.05) is 0 Å². The molecule has 0 saturated heterocycles. The Hall–Kier alpha value is -9.38. The molecule has 0 amide bonds. The fourth-order valence-electron chi connectivity index (χ4n) is 11.6. The Morgan fingerprint density at radius 3 is 1.46 bits per heavy atom. The Balaban J connectivity index is 0.918. The summed E-state index contributed by atoms with van der Waals surface area (Å²) in [5.74, 6) is 1.00. The highest BCUT2D eigenvalue weighted by molar-refractivity contribution is 5.89. The third-order valence-corrected chi connectivity index (χ3v) is 15.3. The Kier molecular flexibility index (Phi) is 10.8. The molecule has 1 aliphatic heterocycles. The number of hydrogen-bond acceptors (Lipinski definition) is 3. The highest BCUT2D eigenvalue weighted by Crippen LogP contribution is 2.50. The van der Waals surface area contributed by atoms with E-state index in [-0.39, 0.29) is 17.9 Å². The molecular weight excluding hydrogens is 897 g/mol. The number of benzene rings is 9. The number of allylic oxidation sites excluding steroid dienone is 2. The number of rotatable bonds is 9. The first-order valence-corrected chi connectivity index (χ1v) is 25.7. The van der Waals surface area contributed by atoms with Crippen LogP contribution in [0.5, 0.6) is 0 Å². The number of hydrogen-bond donors (Lipinski definition) is 0. The number of fused-ring (bicyclic) bond motifs is 6. The molecule has 3 aliphatic rings. The van der Waals surface area contributed by atoms with Crippen molar-refractivity contribution in [1.29, 1.82) is 0 Å². The molecule has 3 atom stereocenters. The minimum atomic E-state index is 0.166. The van der Waals surface area contributed by atoms with Crippen molar-refractivity contribution in [3.8, 4) is 73.0 Å². The molecule has 74 heavy (non-hydrogen) atoms. The van der Waals surface area contributed by atoms with E-state index in [0.29, 0.717) is 5.95 Å². The maximum atomic E-state index is 5.50. The van der Waals surface area contributed by atoms with Crippen LogP contribution in [0, 0.1) is 5.92 Å². The molecule has 0 spiro atoms. The molecule has 0 radical (unpaired) electrons. The van der Waals surface area contributed by atoms with Gasteiger partial charge >= 0.3 is 0 Å². The van der Waals surface area contributed by atoms with Crippen molar-refractivity contribution < 1.29 is 0 Å². The fourth-order valence-corrected chi connectivity index (χ4v) is 11.6. The molecule has 2 aliphatic carbocycles. The summed E-state index contributed by atoms with van der Waals surface area (Å²) >= 11 is 0. The summed E-state index contributed by atoms with van der Waals surface area (Å²) < 4.78 is 2.31. The van der Waals surface area contributed by atoms with Gasteiger partial charge in [0.05, 0.1) is 28.3 Å². The lowest BCUT2D eigenvalue weighted by Crippen LogP contribution is -2.34. The maximum absolute atomic E-state index is 5.50. The van der Waals surface area contributed by atoms with Crippen LogP contribution in [0.1, 0.15) is 17.9 Å². The summed E-state index contributed by atoms with van der Waals surface area (Å²) in [5.41, 5.74) is 19.6. The van der Waals surface area contributed by atoms with Gasteiger partial charge in [0, 0.05) is 44.9 Å². The average molecular weight is 947 g/mol. The van der Waals surface area contributed by atoms with Crippen molar-refractivity contribution in [2.24, 2.45) is 5.92 Å². The molecule has 3 unspecified atom stereocenters. The zero-order valence-corrected chi connectivity index (χ0v) is 40.7. The van der Waals surface area contributed by atoms with Gasteiger partial charge in [0.2, 0.25) is 5.95 Å². The van der Waals surface area contributed by atoms with Gasteiger partial charge in [-0.05, 0) is 105 Å². The number of nitrogens with zero attached hydrogens (tertiary/aromatic N) is 4. The molecule has 4 nitrogen and oxygen atoms in total. The van der Waals surface area contributed by atoms with Crippen LogP contribution in [0.2, 0.25) is 0 Å². The van der Waals surface area contributed by atoms with Crippen LogP contribution in [-0.4, -0.2) is 20.6 Å². The van der Waals surface area contributed by atoms with Gasteiger partial charge in [-0.15, -0.1) is 0 Å². The Labute approximate surface area is 431 Å². The SMILES string of the molecule is C1=CC2C(C=C1C1C=c3c(n(-c4nc(-c5ccc(-c6ccccc6)cc5)cc(-c5ccc(-c6ccccc6)cc5)n4)c4ccc(-c5ccccc5)cc34)=CC1)c1cc(-c3ccccc3)ccc1N2c1ccccc1. The minimum Gasteiger partial charge on any atom is -0.333 e. The van der Waals surface area contributed by atoms with Crippen LogP contribution in [0.15, 0.2) is 266 Å². The molecule has 0 saturated carbocycles. The van der Waals surface area contributed by atoms with Crippen molar-refractivity contribution >= 4 is 34.4 Å². The van der Waals surface area contributed by atoms with Crippen LogP contribution in [-0.2, 0) is 0 Å². The highest BCUT2D eigenvalue weighted by Gasteiger charge is 2.39. The summed E-state index contributed by atoms with van der Waals surface area (Å²) in [5, 5.41) is 3.52. The van der Waals surface area contributed by atoms with Crippen LogP contribution in [0.25, 0.3) is 96.0 Å². The predicted octanol–water partition coefficient (Wildman–Crippen LogP) is 15.8. The van der Waals surface area contributed by atoms with E-state index in [1.165, 1.54) is 77.6 Å². The summed E-state index contributed by atoms with van der Waals surface area (Å²) in [6.07, 6.45) is 13.2. The summed E-state index contributed by atoms with van der Waals surface area (Å²) in [4.78, 5) is 13.5. The van der Waals surface area contributed by atoms with Crippen LogP contribution < -0.4 is 15.5 Å². The van der Waals surface area contributed by atoms with Crippen molar-refractivity contribution in [3.05, 3.63) is 283 Å². The van der Waals surface area contributed by atoms with Gasteiger partial charge in [-0.25, -0.2) is 9.97 Å². The monoisotopic (exact) mass is 946 g/mol. The summed E-state index contributed by atoms with van der Waals surface area (Å²) in [6, 6.07) is 87.3. The molecule has 3 heterocycles. The van der Waals surface area contributed by atoms with Gasteiger partial charge in [0.15, 0.2) is 0 Å². The smallest absolute Gasteiger partial charge is 0.235 e. The lowest BCUT2D eigenvalue weighted by atomic mass is 9.81. The fraction of sp³-hybridized carbons (Fsp3) is 0.0571. The minimum absolute atomic E-state index is 0.166. The molecule has 350 valence electrons. The third-order valence-electron chi connectivity index (χ3n) is 15.3. The van der Waals surface area contributed by atoms with Crippen molar-refractivity contribution in [2.45, 2.75) is 18.4 Å². The molecule has 2 aromatic heterocycles. The van der Waals surface area contributed by atoms with Crippen LogP contribution in [0.4, 0.5) is 11.4 Å². The van der Waals surface area contributed by atoms with Gasteiger partial charge < -0.3 is 4.90 Å². The first-order chi connectivity index (χ1) is 36.7. The second kappa shape index (κ2) is 18.3. The van der Waals surface area contributed by atoms with E-state index < -0.39 is 0 Å². The summed E-state index contributed by atoms with van der Waals surface area (Å²) in [6.45, 7) is 0. The predicted molar refractivity (Wildman–Crippen MR) is 307 cm³/mol. The number of aromatic nitrogens is 3. The van der Waals surface area contributed by atoms with Crippen molar-refractivity contribution in [1.82, 2.24) is 14.5 Å². The Bertz CT molecular complexity index is 3970. The highest BCUT2D eigenvalue weighted by atomic mass is 15.2. The van der Waals surface area contributed by atoms with Gasteiger partial charge in [0.1, 0.15) is 0 Å². The molecule has 9 aromatic carbocycles. The lowest BCUT2D eigenvalue weighted by Gasteiger charge is -2.30. The molecule has 14 rings (SSSR count). The average Bonchev–Trinajstić information content (AvgIpc) is 3.99. The zero-order chi connectivity index (χ0) is 49.0. The quantitative estimate of drug-likeness (QED) is 0.145. The Morgan fingerprint density at radius 2 is 0.892 bits per heavy atom. The lowest BCUT2D eigenvalue weighted by molar-refractivity contribution is 0.716. The standard InChI is InChI=1S/C70H50N4/c1-6-16-47(17-7-1)51-26-30-53(31-27-51)64-46-65(54-32-28-52(29-33-54)48-18-8-2-9-19-48)72-70(71-64)74-68-40-35-56(50-22-12-4-13-23-50)43-62(68)63-45-58(37-41-69(63)74)57-36-39-67-61(44-57)60-42-55(49-20-10-3-11-21-49)34-38-66(60)73(67)59-24-14-5-15-25-59/h1-36,38-46,58,61,67H,37H2. The van der Waals surface area contributed by atoms with Gasteiger partial charge in [-0.1, -0.05) is 231 Å². The van der Waals surface area contributed by atoms with Gasteiger partial charge in [0.25, 0.3) is 0 Å². The molecule has 0 N–H and O–H groups in total. The zero-order valence-electron chi connectivity index (χ0n) is 40.7. The third kappa shape index (κ3) is 7.80. The molecule has 11 aromatic rings. The van der Waals surface area contributed by atoms with E-state index in [9.17, 15) is 0 Å². The largest absolute Gasteiger partial charge is 0.333 e. The number of para-hydroxylation sites is 1. The Morgan fingerprint density at radius 1 is 0.419 bits per heavy atom. The molecule has 0 fully saturated rings. The van der Waals surface area contributed by atoms with Crippen molar-refractivity contribution in [3.63, 3.8) is 0 Å². The summed E-state index contributed by atoms with van der Waals surface area (Å²) in [7, 11) is 0. The molecular formula is C70H50N4. The maximum Gasteiger partial charge on any atom is 0.235 e. The van der Waals surface area contributed by atoms with E-state index >= 15 is 0 Å². The first kappa shape index (κ1) is 43.4. The normalized spacial score (nSPS) is 16.4. The number of anilines is 2. The van der Waals surface area contributed by atoms with Gasteiger partial charge in [-0.3, -0.25) is 4.57 Å². The second-order valence-corrected chi connectivity index (χ2v) is 19.7. The van der Waals surface area contributed by atoms with E-state index in [0.717, 1.165) is 39.8 Å². The van der Waals surface area contributed by atoms with Gasteiger partial charge in [-0.2, -0.15) is 0 Å². The van der Waals surface area contributed by atoms with Crippen LogP contribution >= 0.6 is 0 Å². The van der Waals surface area contributed by atoms with E-state index in [4.69, 9.17) is 9.97 Å².